The van der Waals surface area contributed by atoms with Crippen LogP contribution in [0.5, 0.6) is 0 Å². The van der Waals surface area contributed by atoms with E-state index in [4.69, 9.17) is 16.3 Å². The number of nitrogens with zero attached hydrogens (tertiary/aromatic N) is 3. The number of hydrogen-bond donors (Lipinski definition) is 1. The molecule has 0 radical (unpaired) electrons. The van der Waals surface area contributed by atoms with Crippen LogP contribution in [0.25, 0.3) is 0 Å². The molecule has 0 aromatic carbocycles. The number of halogens is 1. The van der Waals surface area contributed by atoms with E-state index in [1.165, 1.54) is 6.42 Å². The molecule has 1 aromatic rings. The van der Waals surface area contributed by atoms with Crippen molar-refractivity contribution in [3.05, 3.63) is 22.8 Å². The summed E-state index contributed by atoms with van der Waals surface area (Å²) >= 11 is 6.40. The molecule has 0 saturated carbocycles. The molecule has 1 amide bonds. The van der Waals surface area contributed by atoms with Gasteiger partial charge in [-0.1, -0.05) is 11.6 Å². The summed E-state index contributed by atoms with van der Waals surface area (Å²) in [6.07, 6.45) is 4.98. The lowest BCUT2D eigenvalue weighted by Gasteiger charge is -2.41. The summed E-state index contributed by atoms with van der Waals surface area (Å²) in [6.45, 7) is 10.2. The highest BCUT2D eigenvalue weighted by molar-refractivity contribution is 6.33. The van der Waals surface area contributed by atoms with Crippen molar-refractivity contribution in [2.24, 2.45) is 0 Å². The first-order chi connectivity index (χ1) is 12.5. The third-order valence-corrected chi connectivity index (χ3v) is 5.58. The second-order valence-corrected chi connectivity index (χ2v) is 8.08. The number of carbonyl (C=O) groups is 1. The van der Waals surface area contributed by atoms with Gasteiger partial charge in [-0.2, -0.15) is 0 Å². The van der Waals surface area contributed by atoms with Gasteiger partial charge in [0.25, 0.3) is 5.91 Å². The number of rotatable bonds is 5. The van der Waals surface area contributed by atoms with E-state index in [2.05, 4.69) is 29.0 Å². The first-order valence-corrected chi connectivity index (χ1v) is 9.87. The van der Waals surface area contributed by atoms with E-state index in [9.17, 15) is 4.79 Å². The fourth-order valence-electron chi connectivity index (χ4n) is 3.55. The Morgan fingerprint density at radius 2 is 1.92 bits per heavy atom. The second-order valence-electron chi connectivity index (χ2n) is 7.67. The van der Waals surface area contributed by atoms with Crippen LogP contribution in [0.15, 0.2) is 12.3 Å². The average Bonchev–Trinajstić information content (AvgIpc) is 2.68. The Bertz CT molecular complexity index is 626. The van der Waals surface area contributed by atoms with Gasteiger partial charge in [-0.15, -0.1) is 0 Å². The SMILES string of the molecule is CC(C)(CNc1ncc(C(=O)N2CCCCC2)cc1Cl)N1CCOCC1. The zero-order valence-electron chi connectivity index (χ0n) is 15.8. The van der Waals surface area contributed by atoms with Crippen LogP contribution >= 0.6 is 11.6 Å². The first-order valence-electron chi connectivity index (χ1n) is 9.49. The smallest absolute Gasteiger partial charge is 0.255 e. The minimum Gasteiger partial charge on any atom is -0.379 e. The van der Waals surface area contributed by atoms with Gasteiger partial charge in [0.1, 0.15) is 5.82 Å². The summed E-state index contributed by atoms with van der Waals surface area (Å²) in [7, 11) is 0. The summed E-state index contributed by atoms with van der Waals surface area (Å²) < 4.78 is 5.43. The molecule has 7 heteroatoms. The molecule has 1 aromatic heterocycles. The molecule has 0 unspecified atom stereocenters. The van der Waals surface area contributed by atoms with Crippen LogP contribution in [-0.2, 0) is 4.74 Å². The molecule has 144 valence electrons. The Kier molecular flexibility index (Phi) is 6.37. The van der Waals surface area contributed by atoms with Crippen LogP contribution in [-0.4, -0.2) is 72.2 Å². The molecule has 3 heterocycles. The maximum atomic E-state index is 12.6. The van der Waals surface area contributed by atoms with Gasteiger partial charge in [0, 0.05) is 44.5 Å². The predicted octanol–water partition coefficient (Wildman–Crippen LogP) is 2.88. The Labute approximate surface area is 160 Å². The monoisotopic (exact) mass is 380 g/mol. The number of likely N-dealkylation sites (tertiary alicyclic amines) is 1. The van der Waals surface area contributed by atoms with Gasteiger partial charge in [0.05, 0.1) is 23.8 Å². The van der Waals surface area contributed by atoms with Crippen LogP contribution in [0.2, 0.25) is 5.02 Å². The van der Waals surface area contributed by atoms with Crippen molar-refractivity contribution in [1.29, 1.82) is 0 Å². The zero-order valence-corrected chi connectivity index (χ0v) is 16.5. The number of pyridine rings is 1. The molecule has 2 aliphatic rings. The number of hydrogen-bond acceptors (Lipinski definition) is 5. The largest absolute Gasteiger partial charge is 0.379 e. The fourth-order valence-corrected chi connectivity index (χ4v) is 3.78. The van der Waals surface area contributed by atoms with Gasteiger partial charge in [0.15, 0.2) is 0 Å². The quantitative estimate of drug-likeness (QED) is 0.851. The predicted molar refractivity (Wildman–Crippen MR) is 104 cm³/mol. The number of nitrogens with one attached hydrogen (secondary N) is 1. The minimum atomic E-state index is -0.0307. The van der Waals surface area contributed by atoms with Crippen molar-refractivity contribution in [3.8, 4) is 0 Å². The normalized spacial score (nSPS) is 19.4. The maximum absolute atomic E-state index is 12.6. The van der Waals surface area contributed by atoms with E-state index in [0.29, 0.717) is 16.4 Å². The summed E-state index contributed by atoms with van der Waals surface area (Å²) in [5.74, 6) is 0.655. The maximum Gasteiger partial charge on any atom is 0.255 e. The molecule has 1 N–H and O–H groups in total. The first kappa shape index (κ1) is 19.4. The lowest BCUT2D eigenvalue weighted by atomic mass is 10.0. The van der Waals surface area contributed by atoms with Crippen LogP contribution in [0, 0.1) is 0 Å². The Morgan fingerprint density at radius 3 is 2.58 bits per heavy atom. The number of aromatic nitrogens is 1. The highest BCUT2D eigenvalue weighted by Gasteiger charge is 2.28. The Balaban J connectivity index is 1.61. The standard InChI is InChI=1S/C19H29ClN4O2/c1-19(2,24-8-10-26-11-9-24)14-22-17-16(20)12-15(13-21-17)18(25)23-6-4-3-5-7-23/h12-13H,3-11,14H2,1-2H3,(H,21,22). The Morgan fingerprint density at radius 1 is 1.23 bits per heavy atom. The van der Waals surface area contributed by atoms with E-state index in [0.717, 1.165) is 58.8 Å². The van der Waals surface area contributed by atoms with E-state index >= 15 is 0 Å². The number of piperidine rings is 1. The van der Waals surface area contributed by atoms with Gasteiger partial charge in [-0.05, 0) is 39.2 Å². The Hall–Kier alpha value is -1.37. The highest BCUT2D eigenvalue weighted by Crippen LogP contribution is 2.24. The van der Waals surface area contributed by atoms with E-state index < -0.39 is 0 Å². The van der Waals surface area contributed by atoms with Gasteiger partial charge < -0.3 is 15.0 Å². The molecular formula is C19H29ClN4O2. The third-order valence-electron chi connectivity index (χ3n) is 5.29. The van der Waals surface area contributed by atoms with Crippen molar-refractivity contribution in [1.82, 2.24) is 14.8 Å². The molecule has 0 spiro atoms. The second kappa shape index (κ2) is 8.55. The average molecular weight is 381 g/mol. The molecule has 2 saturated heterocycles. The van der Waals surface area contributed by atoms with Crippen molar-refractivity contribution in [2.75, 3.05) is 51.3 Å². The van der Waals surface area contributed by atoms with Gasteiger partial charge >= 0.3 is 0 Å². The number of carbonyl (C=O) groups excluding carboxylic acids is 1. The van der Waals surface area contributed by atoms with Crippen LogP contribution < -0.4 is 5.32 Å². The summed E-state index contributed by atoms with van der Waals surface area (Å²) in [4.78, 5) is 21.3. The van der Waals surface area contributed by atoms with Gasteiger partial charge in [0.2, 0.25) is 0 Å². The summed E-state index contributed by atoms with van der Waals surface area (Å²) in [5, 5.41) is 3.84. The van der Waals surface area contributed by atoms with Gasteiger partial charge in [-0.25, -0.2) is 4.98 Å². The molecule has 0 bridgehead atoms. The number of morpholine rings is 1. The molecule has 2 fully saturated rings. The highest BCUT2D eigenvalue weighted by atomic mass is 35.5. The lowest BCUT2D eigenvalue weighted by molar-refractivity contribution is -0.00570. The molecule has 26 heavy (non-hydrogen) atoms. The van der Waals surface area contributed by atoms with Gasteiger partial charge in [-0.3, -0.25) is 9.69 Å². The molecule has 6 nitrogen and oxygen atoms in total. The lowest BCUT2D eigenvalue weighted by Crippen LogP contribution is -2.53. The topological polar surface area (TPSA) is 57.7 Å². The zero-order chi connectivity index (χ0) is 18.6. The minimum absolute atomic E-state index is 0.0271. The molecule has 3 rings (SSSR count). The van der Waals surface area contributed by atoms with Crippen molar-refractivity contribution in [2.45, 2.75) is 38.6 Å². The van der Waals surface area contributed by atoms with Crippen LogP contribution in [0.1, 0.15) is 43.5 Å². The molecule has 0 atom stereocenters. The third kappa shape index (κ3) is 4.67. The van der Waals surface area contributed by atoms with Crippen LogP contribution in [0.4, 0.5) is 5.82 Å². The number of amides is 1. The molecular weight excluding hydrogens is 352 g/mol. The van der Waals surface area contributed by atoms with Crippen molar-refractivity contribution >= 4 is 23.3 Å². The van der Waals surface area contributed by atoms with E-state index in [1.54, 1.807) is 12.3 Å². The van der Waals surface area contributed by atoms with E-state index in [1.807, 2.05) is 4.90 Å². The van der Waals surface area contributed by atoms with Crippen molar-refractivity contribution in [3.63, 3.8) is 0 Å². The van der Waals surface area contributed by atoms with Crippen molar-refractivity contribution < 1.29 is 9.53 Å². The number of ether oxygens (including phenoxy) is 1. The summed E-state index contributed by atoms with van der Waals surface area (Å²) in [6, 6.07) is 1.73. The summed E-state index contributed by atoms with van der Waals surface area (Å²) in [5.41, 5.74) is 0.534. The van der Waals surface area contributed by atoms with E-state index in [-0.39, 0.29) is 11.4 Å². The molecule has 2 aliphatic heterocycles. The number of anilines is 1. The fraction of sp³-hybridized carbons (Fsp3) is 0.684. The molecule has 0 aliphatic carbocycles. The van der Waals surface area contributed by atoms with Crippen LogP contribution in [0.3, 0.4) is 0 Å².